The summed E-state index contributed by atoms with van der Waals surface area (Å²) < 4.78 is 7.30. The van der Waals surface area contributed by atoms with E-state index in [1.165, 1.54) is 0 Å². The van der Waals surface area contributed by atoms with E-state index in [0.717, 1.165) is 27.6 Å². The van der Waals surface area contributed by atoms with Gasteiger partial charge in [0.15, 0.2) is 5.69 Å². The molecule has 7 heteroatoms. The number of nitrogens with zero attached hydrogens (tertiary/aromatic N) is 4. The van der Waals surface area contributed by atoms with Crippen molar-refractivity contribution in [2.24, 2.45) is 0 Å². The van der Waals surface area contributed by atoms with Crippen molar-refractivity contribution < 1.29 is 9.53 Å². The molecule has 0 aliphatic rings. The van der Waals surface area contributed by atoms with Gasteiger partial charge in [-0.25, -0.2) is 14.5 Å². The maximum absolute atomic E-state index is 13.8. The van der Waals surface area contributed by atoms with Gasteiger partial charge < -0.3 is 4.74 Å². The molecule has 6 aromatic rings. The van der Waals surface area contributed by atoms with E-state index < -0.39 is 11.5 Å². The van der Waals surface area contributed by atoms with Crippen molar-refractivity contribution in [3.05, 3.63) is 149 Å². The van der Waals surface area contributed by atoms with Crippen molar-refractivity contribution in [3.63, 3.8) is 0 Å². The average molecular weight is 545 g/mol. The first-order valence-corrected chi connectivity index (χ1v) is 13.4. The van der Waals surface area contributed by atoms with Gasteiger partial charge in [0.05, 0.1) is 17.8 Å². The van der Waals surface area contributed by atoms with Crippen LogP contribution in [0.3, 0.4) is 0 Å². The molecule has 0 atom stereocenters. The van der Waals surface area contributed by atoms with Crippen LogP contribution < -0.4 is 0 Å². The highest BCUT2D eigenvalue weighted by Crippen LogP contribution is 2.42. The van der Waals surface area contributed by atoms with Crippen LogP contribution in [0.25, 0.3) is 22.3 Å². The van der Waals surface area contributed by atoms with Gasteiger partial charge in [-0.2, -0.15) is 0 Å². The molecule has 2 aromatic heterocycles. The minimum absolute atomic E-state index is 0.197. The number of aromatic nitrogens is 4. The van der Waals surface area contributed by atoms with E-state index in [1.54, 1.807) is 17.7 Å². The Hall–Kier alpha value is -4.81. The topological polar surface area (TPSA) is 69.9 Å². The van der Waals surface area contributed by atoms with Crippen LogP contribution >= 0.6 is 11.6 Å². The van der Waals surface area contributed by atoms with Crippen LogP contribution in [0.4, 0.5) is 0 Å². The lowest BCUT2D eigenvalue weighted by molar-refractivity contribution is 0.0509. The van der Waals surface area contributed by atoms with E-state index in [-0.39, 0.29) is 12.3 Å². The van der Waals surface area contributed by atoms with Crippen molar-refractivity contribution in [3.8, 4) is 11.4 Å². The molecule has 196 valence electrons. The summed E-state index contributed by atoms with van der Waals surface area (Å²) >= 11 is 6.19. The third-order valence-corrected chi connectivity index (χ3v) is 7.16. The number of carbonyl (C=O) groups is 1. The Labute approximate surface area is 236 Å². The molecular weight excluding hydrogens is 520 g/mol. The molecule has 0 fully saturated rings. The zero-order chi connectivity index (χ0) is 27.5. The molecule has 0 spiro atoms. The van der Waals surface area contributed by atoms with Gasteiger partial charge in [-0.15, -0.1) is 5.10 Å². The second kappa shape index (κ2) is 10.8. The van der Waals surface area contributed by atoms with Gasteiger partial charge in [-0.3, -0.25) is 0 Å². The van der Waals surface area contributed by atoms with Crippen LogP contribution in [0.5, 0.6) is 0 Å². The zero-order valence-corrected chi connectivity index (χ0v) is 22.5. The van der Waals surface area contributed by atoms with Crippen LogP contribution in [0.15, 0.2) is 121 Å². The third-order valence-electron chi connectivity index (χ3n) is 6.93. The number of esters is 1. The van der Waals surface area contributed by atoms with Gasteiger partial charge in [0, 0.05) is 10.4 Å². The van der Waals surface area contributed by atoms with Gasteiger partial charge in [0.25, 0.3) is 0 Å². The number of ether oxygens (including phenoxy) is 1. The quantitative estimate of drug-likeness (QED) is 0.157. The monoisotopic (exact) mass is 544 g/mol. The Kier molecular flexibility index (Phi) is 6.84. The van der Waals surface area contributed by atoms with Crippen molar-refractivity contribution in [2.45, 2.75) is 12.5 Å². The Bertz CT molecular complexity index is 1690. The predicted octanol–water partition coefficient (Wildman–Crippen LogP) is 7.16. The van der Waals surface area contributed by atoms with Crippen LogP contribution in [-0.2, 0) is 10.3 Å². The van der Waals surface area contributed by atoms with Crippen LogP contribution in [0, 0.1) is 0 Å². The fraction of sp³-hybridized carbons (Fsp3) is 0.0909. The first kappa shape index (κ1) is 25.5. The van der Waals surface area contributed by atoms with E-state index in [4.69, 9.17) is 26.5 Å². The third kappa shape index (κ3) is 4.32. The number of hydrogen-bond acceptors (Lipinski definition) is 5. The summed E-state index contributed by atoms with van der Waals surface area (Å²) in [7, 11) is 0. The fourth-order valence-electron chi connectivity index (χ4n) is 5.20. The van der Waals surface area contributed by atoms with Gasteiger partial charge in [-0.1, -0.05) is 114 Å². The summed E-state index contributed by atoms with van der Waals surface area (Å²) in [5.74, 6) is -0.535. The second-order valence-corrected chi connectivity index (χ2v) is 9.70. The van der Waals surface area contributed by atoms with E-state index in [2.05, 4.69) is 5.10 Å². The van der Waals surface area contributed by atoms with Crippen LogP contribution in [0.1, 0.15) is 34.1 Å². The zero-order valence-electron chi connectivity index (χ0n) is 21.7. The highest BCUT2D eigenvalue weighted by atomic mass is 35.5. The molecule has 0 radical (unpaired) electrons. The molecule has 0 unspecified atom stereocenters. The number of rotatable bonds is 7. The summed E-state index contributed by atoms with van der Waals surface area (Å²) in [6.45, 7) is 1.98. The number of fused-ring (bicyclic) bond motifs is 1. The molecule has 0 aliphatic heterocycles. The molecule has 0 amide bonds. The summed E-state index contributed by atoms with van der Waals surface area (Å²) in [6, 6.07) is 39.2. The number of benzene rings is 4. The van der Waals surface area contributed by atoms with E-state index >= 15 is 0 Å². The average Bonchev–Trinajstić information content (AvgIpc) is 3.45. The normalized spacial score (nSPS) is 11.4. The molecule has 2 heterocycles. The number of carbonyl (C=O) groups excluding carboxylic acids is 1. The number of hydrogen-bond donors (Lipinski definition) is 0. The summed E-state index contributed by atoms with van der Waals surface area (Å²) in [4.78, 5) is 18.6. The molecule has 0 N–H and O–H groups in total. The Morgan fingerprint density at radius 2 is 1.38 bits per heavy atom. The lowest BCUT2D eigenvalue weighted by atomic mass is 9.77. The van der Waals surface area contributed by atoms with Gasteiger partial charge in [-0.05, 0) is 47.9 Å². The highest BCUT2D eigenvalue weighted by Gasteiger charge is 2.43. The van der Waals surface area contributed by atoms with Gasteiger partial charge in [0.2, 0.25) is 0 Å². The largest absolute Gasteiger partial charge is 0.461 e. The molecule has 40 heavy (non-hydrogen) atoms. The second-order valence-electron chi connectivity index (χ2n) is 9.26. The SMILES string of the molecule is CCOC(=O)c1c(-c2ccc3cc(Cl)ccc3n2)nnn1C(c1ccccc1)(c1ccccc1)c1ccccc1. The van der Waals surface area contributed by atoms with Crippen molar-refractivity contribution in [1.29, 1.82) is 0 Å². The Morgan fingerprint density at radius 1 is 0.800 bits per heavy atom. The van der Waals surface area contributed by atoms with E-state index in [0.29, 0.717) is 16.4 Å². The van der Waals surface area contributed by atoms with Crippen LogP contribution in [0.2, 0.25) is 5.02 Å². The standard InChI is InChI=1S/C33H25ClN4O2/c1-2-40-32(39)31-30(29-20-18-23-22-27(34)19-21-28(23)35-29)36-37-38(31)33(24-12-6-3-7-13-24,25-14-8-4-9-15-25)26-16-10-5-11-17-26/h3-22H,2H2,1H3. The smallest absolute Gasteiger partial charge is 0.359 e. The van der Waals surface area contributed by atoms with Crippen LogP contribution in [-0.4, -0.2) is 32.6 Å². The summed E-state index contributed by atoms with van der Waals surface area (Å²) in [6.07, 6.45) is 0. The molecule has 0 saturated carbocycles. The minimum Gasteiger partial charge on any atom is -0.461 e. The van der Waals surface area contributed by atoms with Crippen molar-refractivity contribution >= 4 is 28.5 Å². The first-order valence-electron chi connectivity index (χ1n) is 13.0. The number of halogens is 1. The predicted molar refractivity (Wildman–Crippen MR) is 156 cm³/mol. The Balaban J connectivity index is 1.70. The molecule has 0 saturated heterocycles. The first-order chi connectivity index (χ1) is 19.6. The fourth-order valence-corrected chi connectivity index (χ4v) is 5.39. The number of pyridine rings is 1. The van der Waals surface area contributed by atoms with E-state index in [1.807, 2.05) is 115 Å². The maximum atomic E-state index is 13.8. The summed E-state index contributed by atoms with van der Waals surface area (Å²) in [5, 5.41) is 10.8. The molecule has 4 aromatic carbocycles. The molecule has 6 rings (SSSR count). The molecule has 0 aliphatic carbocycles. The summed E-state index contributed by atoms with van der Waals surface area (Å²) in [5.41, 5.74) is 3.48. The van der Waals surface area contributed by atoms with Crippen molar-refractivity contribution in [2.75, 3.05) is 6.61 Å². The van der Waals surface area contributed by atoms with Crippen molar-refractivity contribution in [1.82, 2.24) is 20.0 Å². The van der Waals surface area contributed by atoms with E-state index in [9.17, 15) is 4.79 Å². The highest BCUT2D eigenvalue weighted by molar-refractivity contribution is 6.31. The molecule has 6 nitrogen and oxygen atoms in total. The lowest BCUT2D eigenvalue weighted by Crippen LogP contribution is -2.40. The Morgan fingerprint density at radius 3 is 1.93 bits per heavy atom. The minimum atomic E-state index is -1.04. The molecule has 0 bridgehead atoms. The van der Waals surface area contributed by atoms with Gasteiger partial charge >= 0.3 is 5.97 Å². The maximum Gasteiger partial charge on any atom is 0.359 e. The lowest BCUT2D eigenvalue weighted by Gasteiger charge is -2.36. The van der Waals surface area contributed by atoms with Gasteiger partial charge in [0.1, 0.15) is 11.2 Å². The molecular formula is C33H25ClN4O2.